The van der Waals surface area contributed by atoms with Crippen molar-refractivity contribution in [2.24, 2.45) is 5.92 Å². The van der Waals surface area contributed by atoms with Crippen LogP contribution in [0.15, 0.2) is 54.6 Å². The summed E-state index contributed by atoms with van der Waals surface area (Å²) < 4.78 is 5.87. The molecular formula is C28H38O. The Balaban J connectivity index is 1.53. The lowest BCUT2D eigenvalue weighted by molar-refractivity contribution is 0.305. The van der Waals surface area contributed by atoms with E-state index in [4.69, 9.17) is 4.74 Å². The van der Waals surface area contributed by atoms with Crippen LogP contribution >= 0.6 is 0 Å². The first kappa shape index (κ1) is 21.7. The van der Waals surface area contributed by atoms with Crippen molar-refractivity contribution < 1.29 is 4.74 Å². The van der Waals surface area contributed by atoms with Crippen molar-refractivity contribution in [3.8, 4) is 16.9 Å². The molecule has 1 aliphatic carbocycles. The zero-order valence-electron chi connectivity index (χ0n) is 18.5. The average molecular weight is 391 g/mol. The van der Waals surface area contributed by atoms with E-state index in [1.165, 1.54) is 80.1 Å². The van der Waals surface area contributed by atoms with Crippen LogP contribution in [0.1, 0.15) is 83.6 Å². The van der Waals surface area contributed by atoms with E-state index in [1.54, 1.807) is 0 Å². The molecule has 1 nitrogen and oxygen atoms in total. The third kappa shape index (κ3) is 6.77. The van der Waals surface area contributed by atoms with Crippen molar-refractivity contribution in [3.63, 3.8) is 0 Å². The number of unbranched alkanes of at least 4 members (excludes halogenated alkanes) is 4. The summed E-state index contributed by atoms with van der Waals surface area (Å²) in [5.74, 6) is 1.89. The number of rotatable bonds is 11. The highest BCUT2D eigenvalue weighted by Crippen LogP contribution is 2.33. The van der Waals surface area contributed by atoms with Gasteiger partial charge in [0.05, 0.1) is 6.61 Å². The fourth-order valence-corrected chi connectivity index (χ4v) is 4.24. The fourth-order valence-electron chi connectivity index (χ4n) is 4.24. The maximum Gasteiger partial charge on any atom is 0.119 e. The molecule has 0 saturated carbocycles. The van der Waals surface area contributed by atoms with Gasteiger partial charge in [-0.1, -0.05) is 94.8 Å². The topological polar surface area (TPSA) is 9.23 Å². The normalized spacial score (nSPS) is 16.5. The summed E-state index contributed by atoms with van der Waals surface area (Å²) >= 11 is 0. The molecule has 0 fully saturated rings. The Morgan fingerprint density at radius 2 is 1.41 bits per heavy atom. The summed E-state index contributed by atoms with van der Waals surface area (Å²) in [6.07, 6.45) is 15.4. The SMILES string of the molecule is CCCCCCOc1ccc(-c2ccc(C3=CCC(CCCC)CC3)cc2)cc1. The van der Waals surface area contributed by atoms with Crippen LogP contribution in [0.25, 0.3) is 16.7 Å². The molecule has 0 aromatic heterocycles. The molecule has 156 valence electrons. The second kappa shape index (κ2) is 11.9. The van der Waals surface area contributed by atoms with Crippen molar-refractivity contribution in [3.05, 3.63) is 60.2 Å². The van der Waals surface area contributed by atoms with E-state index in [1.807, 2.05) is 0 Å². The van der Waals surface area contributed by atoms with Crippen LogP contribution in [0.4, 0.5) is 0 Å². The molecule has 1 unspecified atom stereocenters. The van der Waals surface area contributed by atoms with Crippen LogP contribution in [0.5, 0.6) is 5.75 Å². The van der Waals surface area contributed by atoms with Crippen molar-refractivity contribution in [2.75, 3.05) is 6.61 Å². The van der Waals surface area contributed by atoms with Gasteiger partial charge < -0.3 is 4.74 Å². The van der Waals surface area contributed by atoms with Gasteiger partial charge >= 0.3 is 0 Å². The molecule has 1 atom stereocenters. The summed E-state index contributed by atoms with van der Waals surface area (Å²) in [6.45, 7) is 5.35. The van der Waals surface area contributed by atoms with Gasteiger partial charge in [0.15, 0.2) is 0 Å². The molecule has 0 heterocycles. The Labute approximate surface area is 178 Å². The minimum atomic E-state index is 0.822. The third-order valence-corrected chi connectivity index (χ3v) is 6.20. The largest absolute Gasteiger partial charge is 0.494 e. The van der Waals surface area contributed by atoms with Gasteiger partial charge in [-0.25, -0.2) is 0 Å². The first-order valence-corrected chi connectivity index (χ1v) is 11.8. The number of benzene rings is 2. The maximum atomic E-state index is 5.87. The molecular weight excluding hydrogens is 352 g/mol. The van der Waals surface area contributed by atoms with Gasteiger partial charge in [-0.05, 0) is 66.0 Å². The predicted molar refractivity (Wildman–Crippen MR) is 126 cm³/mol. The Bertz CT molecular complexity index is 739. The molecule has 0 N–H and O–H groups in total. The van der Waals surface area contributed by atoms with Gasteiger partial charge in [0.1, 0.15) is 5.75 Å². The number of hydrogen-bond acceptors (Lipinski definition) is 1. The number of ether oxygens (including phenoxy) is 1. The maximum absolute atomic E-state index is 5.87. The molecule has 0 amide bonds. The average Bonchev–Trinajstić information content (AvgIpc) is 2.78. The second-order valence-electron chi connectivity index (χ2n) is 8.52. The molecule has 2 aromatic rings. The highest BCUT2D eigenvalue weighted by atomic mass is 16.5. The van der Waals surface area contributed by atoms with Gasteiger partial charge in [0, 0.05) is 0 Å². The van der Waals surface area contributed by atoms with E-state index in [0.717, 1.165) is 24.7 Å². The van der Waals surface area contributed by atoms with Crippen molar-refractivity contribution in [2.45, 2.75) is 78.1 Å². The summed E-state index contributed by atoms with van der Waals surface area (Å²) in [7, 11) is 0. The molecule has 0 spiro atoms. The highest BCUT2D eigenvalue weighted by Gasteiger charge is 2.15. The molecule has 2 aromatic carbocycles. The molecule has 3 rings (SSSR count). The van der Waals surface area contributed by atoms with Crippen LogP contribution in [0, 0.1) is 5.92 Å². The van der Waals surface area contributed by atoms with E-state index in [9.17, 15) is 0 Å². The lowest BCUT2D eigenvalue weighted by Crippen LogP contribution is -2.05. The molecule has 0 bridgehead atoms. The fraction of sp³-hybridized carbons (Fsp3) is 0.500. The Morgan fingerprint density at radius 3 is 2.03 bits per heavy atom. The minimum Gasteiger partial charge on any atom is -0.494 e. The van der Waals surface area contributed by atoms with Crippen LogP contribution in [-0.2, 0) is 0 Å². The van der Waals surface area contributed by atoms with Gasteiger partial charge in [0.25, 0.3) is 0 Å². The number of allylic oxidation sites excluding steroid dienone is 2. The quantitative estimate of drug-likeness (QED) is 0.349. The van der Waals surface area contributed by atoms with E-state index in [2.05, 4.69) is 68.5 Å². The standard InChI is InChI=1S/C28H38O/c1-3-5-7-8-22-29-28-20-18-27(19-21-28)26-16-14-25(15-17-26)24-12-10-23(11-13-24)9-6-4-2/h12,14-21,23H,3-11,13,22H2,1-2H3. The van der Waals surface area contributed by atoms with Gasteiger partial charge in [-0.2, -0.15) is 0 Å². The summed E-state index contributed by atoms with van der Waals surface area (Å²) in [4.78, 5) is 0. The molecule has 1 aliphatic rings. The monoisotopic (exact) mass is 390 g/mol. The third-order valence-electron chi connectivity index (χ3n) is 6.20. The van der Waals surface area contributed by atoms with Gasteiger partial charge in [0.2, 0.25) is 0 Å². The second-order valence-corrected chi connectivity index (χ2v) is 8.52. The van der Waals surface area contributed by atoms with Crippen molar-refractivity contribution >= 4 is 5.57 Å². The number of hydrogen-bond donors (Lipinski definition) is 0. The van der Waals surface area contributed by atoms with E-state index in [0.29, 0.717) is 0 Å². The van der Waals surface area contributed by atoms with Crippen LogP contribution in [0.2, 0.25) is 0 Å². The van der Waals surface area contributed by atoms with Crippen molar-refractivity contribution in [1.29, 1.82) is 0 Å². The first-order valence-electron chi connectivity index (χ1n) is 11.8. The predicted octanol–water partition coefficient (Wildman–Crippen LogP) is 8.69. The van der Waals surface area contributed by atoms with Crippen LogP contribution < -0.4 is 4.74 Å². The van der Waals surface area contributed by atoms with Gasteiger partial charge in [-0.3, -0.25) is 0 Å². The Hall–Kier alpha value is -2.02. The molecule has 0 radical (unpaired) electrons. The highest BCUT2D eigenvalue weighted by molar-refractivity contribution is 5.71. The van der Waals surface area contributed by atoms with E-state index < -0.39 is 0 Å². The molecule has 0 aliphatic heterocycles. The molecule has 29 heavy (non-hydrogen) atoms. The Kier molecular flexibility index (Phi) is 8.86. The molecule has 1 heteroatoms. The summed E-state index contributed by atoms with van der Waals surface area (Å²) in [5.41, 5.74) is 5.47. The summed E-state index contributed by atoms with van der Waals surface area (Å²) in [6, 6.07) is 17.7. The van der Waals surface area contributed by atoms with Crippen molar-refractivity contribution in [1.82, 2.24) is 0 Å². The smallest absolute Gasteiger partial charge is 0.119 e. The zero-order valence-corrected chi connectivity index (χ0v) is 18.5. The zero-order chi connectivity index (χ0) is 20.3. The lowest BCUT2D eigenvalue weighted by atomic mass is 9.84. The van der Waals surface area contributed by atoms with E-state index >= 15 is 0 Å². The summed E-state index contributed by atoms with van der Waals surface area (Å²) in [5, 5.41) is 0. The lowest BCUT2D eigenvalue weighted by Gasteiger charge is -2.22. The Morgan fingerprint density at radius 1 is 0.759 bits per heavy atom. The first-order chi connectivity index (χ1) is 14.3. The minimum absolute atomic E-state index is 0.822. The van der Waals surface area contributed by atoms with E-state index in [-0.39, 0.29) is 0 Å². The van der Waals surface area contributed by atoms with Crippen LogP contribution in [0.3, 0.4) is 0 Å². The molecule has 0 saturated heterocycles. The van der Waals surface area contributed by atoms with Gasteiger partial charge in [-0.15, -0.1) is 0 Å². The van der Waals surface area contributed by atoms with Crippen LogP contribution in [-0.4, -0.2) is 6.61 Å².